The predicted molar refractivity (Wildman–Crippen MR) is 68.2 cm³/mol. The van der Waals surface area contributed by atoms with Crippen LogP contribution >= 0.6 is 15.2 Å². The van der Waals surface area contributed by atoms with Crippen LogP contribution in [-0.2, 0) is 9.13 Å². The molecule has 0 bridgehead atoms. The topological polar surface area (TPSA) is 161 Å². The number of nitrogens with two attached hydrogens (primary N) is 1. The molecule has 0 unspecified atom stereocenters. The van der Waals surface area contributed by atoms with Crippen molar-refractivity contribution >= 4 is 15.2 Å². The van der Waals surface area contributed by atoms with Gasteiger partial charge >= 0.3 is 15.2 Å². The van der Waals surface area contributed by atoms with Crippen LogP contribution in [0.3, 0.4) is 0 Å². The van der Waals surface area contributed by atoms with Gasteiger partial charge in [-0.2, -0.15) is 0 Å². The lowest BCUT2D eigenvalue weighted by atomic mass is 9.82. The van der Waals surface area contributed by atoms with E-state index in [0.717, 1.165) is 25.7 Å². The second-order valence-electron chi connectivity index (χ2n) is 5.11. The highest BCUT2D eigenvalue weighted by Gasteiger charge is 2.59. The Morgan fingerprint density at radius 3 is 1.95 bits per heavy atom. The molecule has 7 N–H and O–H groups in total. The first-order chi connectivity index (χ1) is 8.49. The lowest BCUT2D eigenvalue weighted by Gasteiger charge is -2.33. The maximum Gasteiger partial charge on any atom is 0.369 e. The highest BCUT2D eigenvalue weighted by atomic mass is 31.2. The van der Waals surface area contributed by atoms with E-state index in [9.17, 15) is 14.2 Å². The van der Waals surface area contributed by atoms with E-state index in [1.54, 1.807) is 0 Å². The Hall–Kier alpha value is 0.220. The van der Waals surface area contributed by atoms with E-state index in [2.05, 4.69) is 0 Å². The van der Waals surface area contributed by atoms with Crippen LogP contribution in [0, 0.1) is 5.92 Å². The van der Waals surface area contributed by atoms with E-state index in [0.29, 0.717) is 0 Å². The van der Waals surface area contributed by atoms with Crippen molar-refractivity contribution in [2.24, 2.45) is 11.7 Å². The van der Waals surface area contributed by atoms with Gasteiger partial charge in [-0.3, -0.25) is 9.13 Å². The minimum atomic E-state index is -5.35. The van der Waals surface area contributed by atoms with Crippen LogP contribution < -0.4 is 5.73 Å². The molecule has 1 saturated carbocycles. The molecule has 1 fully saturated rings. The molecule has 114 valence electrons. The summed E-state index contributed by atoms with van der Waals surface area (Å²) in [5.74, 6) is -0.0848. The highest BCUT2D eigenvalue weighted by molar-refractivity contribution is 7.72. The van der Waals surface area contributed by atoms with Crippen LogP contribution in [0.15, 0.2) is 0 Å². The summed E-state index contributed by atoms with van der Waals surface area (Å²) in [7, 11) is -10.7. The molecular formula is C9H21NO7P2. The third-order valence-corrected chi connectivity index (χ3v) is 7.63. The average Bonchev–Trinajstić information content (AvgIpc) is 2.24. The fraction of sp³-hybridized carbons (Fsp3) is 1.00. The molecule has 0 aromatic carbocycles. The highest BCUT2D eigenvalue weighted by Crippen LogP contribution is 2.69. The fourth-order valence-electron chi connectivity index (χ4n) is 2.43. The summed E-state index contributed by atoms with van der Waals surface area (Å²) in [6.07, 6.45) is 2.81. The molecule has 10 heteroatoms. The first kappa shape index (κ1) is 17.3. The predicted octanol–water partition coefficient (Wildman–Crippen LogP) is 0.286. The molecule has 0 aliphatic heterocycles. The molecule has 0 aromatic rings. The normalized spacial score (nSPS) is 26.4. The molecular weight excluding hydrogens is 296 g/mol. The molecule has 0 heterocycles. The van der Waals surface area contributed by atoms with E-state index in [1.165, 1.54) is 0 Å². The number of rotatable bonds is 5. The number of hydrogen-bond acceptors (Lipinski definition) is 4. The Kier molecular flexibility index (Phi) is 5.38. The van der Waals surface area contributed by atoms with Gasteiger partial charge in [0, 0.05) is 12.5 Å². The summed E-state index contributed by atoms with van der Waals surface area (Å²) in [5.41, 5.74) is 5.86. The lowest BCUT2D eigenvalue weighted by Crippen LogP contribution is -2.36. The van der Waals surface area contributed by atoms with Gasteiger partial charge in [0.15, 0.2) is 0 Å². The summed E-state index contributed by atoms with van der Waals surface area (Å²) < 4.78 is 22.4. The van der Waals surface area contributed by atoms with Crippen molar-refractivity contribution in [2.45, 2.75) is 49.6 Å². The molecule has 0 radical (unpaired) electrons. The first-order valence-corrected chi connectivity index (χ1v) is 9.31. The Labute approximate surface area is 111 Å². The van der Waals surface area contributed by atoms with Crippen molar-refractivity contribution in [3.63, 3.8) is 0 Å². The molecule has 19 heavy (non-hydrogen) atoms. The van der Waals surface area contributed by atoms with E-state index in [-0.39, 0.29) is 18.4 Å². The molecule has 1 aliphatic carbocycles. The molecule has 2 atom stereocenters. The van der Waals surface area contributed by atoms with Crippen molar-refractivity contribution in [1.82, 2.24) is 0 Å². The van der Waals surface area contributed by atoms with Gasteiger partial charge in [0.1, 0.15) is 0 Å². The summed E-state index contributed by atoms with van der Waals surface area (Å²) in [6, 6.07) is -0.161. The van der Waals surface area contributed by atoms with Gasteiger partial charge in [-0.05, 0) is 25.2 Å². The van der Waals surface area contributed by atoms with Crippen LogP contribution in [0.25, 0.3) is 0 Å². The fourth-order valence-corrected chi connectivity index (χ4v) is 4.63. The Morgan fingerprint density at radius 2 is 1.53 bits per heavy atom. The van der Waals surface area contributed by atoms with Crippen LogP contribution in [0.1, 0.15) is 38.5 Å². The van der Waals surface area contributed by atoms with E-state index >= 15 is 0 Å². The lowest BCUT2D eigenvalue weighted by molar-refractivity contribution is 0.111. The zero-order chi connectivity index (χ0) is 14.9. The summed E-state index contributed by atoms with van der Waals surface area (Å²) in [5, 5.41) is 6.43. The standard InChI is InChI=1S/C9H21NO7P2/c10-8-4-2-1-3-7(8)5-6-9(11,18(12,13)14)19(15,16)17/h7-8,11H,1-6,10H2,(H2,12,13,14)(H2,15,16,17)/t7-,8-/m1/s1. The molecule has 0 saturated heterocycles. The molecule has 0 amide bonds. The minimum Gasteiger partial charge on any atom is -0.368 e. The van der Waals surface area contributed by atoms with Crippen LogP contribution in [0.2, 0.25) is 0 Å². The van der Waals surface area contributed by atoms with Crippen molar-refractivity contribution in [3.05, 3.63) is 0 Å². The molecule has 0 aromatic heterocycles. The zero-order valence-corrected chi connectivity index (χ0v) is 12.2. The van der Waals surface area contributed by atoms with Gasteiger partial charge in [0.2, 0.25) is 0 Å². The average molecular weight is 317 g/mol. The Balaban J connectivity index is 2.81. The van der Waals surface area contributed by atoms with E-state index in [1.807, 2.05) is 0 Å². The third kappa shape index (κ3) is 3.86. The van der Waals surface area contributed by atoms with Crippen molar-refractivity contribution in [3.8, 4) is 0 Å². The maximum absolute atomic E-state index is 11.2. The Morgan fingerprint density at radius 1 is 1.05 bits per heavy atom. The molecule has 8 nitrogen and oxygen atoms in total. The zero-order valence-electron chi connectivity index (χ0n) is 10.4. The second kappa shape index (κ2) is 5.92. The minimum absolute atomic E-state index is 0.0773. The van der Waals surface area contributed by atoms with Crippen molar-refractivity contribution < 1.29 is 33.8 Å². The van der Waals surface area contributed by atoms with Crippen LogP contribution in [-0.4, -0.2) is 35.8 Å². The Bertz CT molecular complexity index is 381. The van der Waals surface area contributed by atoms with E-state index < -0.39 is 26.7 Å². The summed E-state index contributed by atoms with van der Waals surface area (Å²) >= 11 is 0. The van der Waals surface area contributed by atoms with Gasteiger partial charge in [-0.25, -0.2) is 0 Å². The molecule has 1 aliphatic rings. The second-order valence-corrected chi connectivity index (χ2v) is 9.12. The number of aliphatic hydroxyl groups is 1. The van der Waals surface area contributed by atoms with Gasteiger partial charge in [-0.1, -0.05) is 12.8 Å². The van der Waals surface area contributed by atoms with Crippen LogP contribution in [0.4, 0.5) is 0 Å². The van der Waals surface area contributed by atoms with Gasteiger partial charge < -0.3 is 30.4 Å². The van der Waals surface area contributed by atoms with Crippen molar-refractivity contribution in [2.75, 3.05) is 0 Å². The first-order valence-electron chi connectivity index (χ1n) is 6.08. The molecule has 0 spiro atoms. The molecule has 1 rings (SSSR count). The third-order valence-electron chi connectivity index (χ3n) is 3.75. The van der Waals surface area contributed by atoms with Gasteiger partial charge in [0.05, 0.1) is 0 Å². The van der Waals surface area contributed by atoms with Gasteiger partial charge in [0.25, 0.3) is 5.08 Å². The SMILES string of the molecule is N[C@@H]1CCCC[C@@H]1CCC(O)(P(=O)(O)O)P(=O)(O)O. The summed E-state index contributed by atoms with van der Waals surface area (Å²) in [4.78, 5) is 36.0. The van der Waals surface area contributed by atoms with Crippen LogP contribution in [0.5, 0.6) is 0 Å². The van der Waals surface area contributed by atoms with Crippen molar-refractivity contribution in [1.29, 1.82) is 0 Å². The number of hydrogen-bond donors (Lipinski definition) is 6. The monoisotopic (exact) mass is 317 g/mol. The van der Waals surface area contributed by atoms with E-state index in [4.69, 9.17) is 25.3 Å². The quantitative estimate of drug-likeness (QED) is 0.394. The van der Waals surface area contributed by atoms with Gasteiger partial charge in [-0.15, -0.1) is 0 Å². The summed E-state index contributed by atoms with van der Waals surface area (Å²) in [6.45, 7) is 0. The maximum atomic E-state index is 11.2. The largest absolute Gasteiger partial charge is 0.369 e. The smallest absolute Gasteiger partial charge is 0.368 e.